The number of carbonyl (C=O) groups is 1. The average Bonchev–Trinajstić information content (AvgIpc) is 3.30. The van der Waals surface area contributed by atoms with Gasteiger partial charge in [0, 0.05) is 30.0 Å². The number of piperidine rings is 1. The predicted molar refractivity (Wildman–Crippen MR) is 149 cm³/mol. The van der Waals surface area contributed by atoms with E-state index in [0.717, 1.165) is 50.3 Å². The number of hydrogen-bond acceptors (Lipinski definition) is 6. The number of carboxylic acid groups (broad SMARTS) is 1. The van der Waals surface area contributed by atoms with Crippen molar-refractivity contribution < 1.29 is 28.5 Å². The molecule has 3 aliphatic rings. The van der Waals surface area contributed by atoms with Crippen LogP contribution in [0, 0.1) is 23.6 Å². The van der Waals surface area contributed by atoms with E-state index < -0.39 is 17.6 Å². The zero-order valence-corrected chi connectivity index (χ0v) is 23.4. The van der Waals surface area contributed by atoms with E-state index in [9.17, 15) is 4.79 Å². The van der Waals surface area contributed by atoms with Crippen LogP contribution in [-0.2, 0) is 33.1 Å². The second-order valence-electron chi connectivity index (χ2n) is 10.9. The lowest BCUT2D eigenvalue weighted by molar-refractivity contribution is -0.243. The average molecular weight is 580 g/mol. The molecule has 2 fully saturated rings. The number of fused-ring (bicyclic) bond motifs is 1. The van der Waals surface area contributed by atoms with Crippen molar-refractivity contribution in [3.05, 3.63) is 82.1 Å². The molecule has 2 aromatic carbocycles. The predicted octanol–water partition coefficient (Wildman–Crippen LogP) is 5.14. The van der Waals surface area contributed by atoms with Crippen molar-refractivity contribution in [3.8, 4) is 17.6 Å². The smallest absolute Gasteiger partial charge is 0.382 e. The molecule has 3 aromatic rings. The molecule has 4 heterocycles. The standard InChI is InChI=1S/C31H31ClFN3O5/c1-31(25-8-6-21(32)16-26(25)33)40-27-5-3-2-4-24(27)30(41-31)20-10-13-35(14-11-20)19-28-34-17-22(7-9-29(37)38)36(28)18-23-12-15-39-23/h2-6,8,16-17,20,23,30H,10-15,18-19H2,1H3,(H,37,38)/t23-,30?,31?/m0/s1. The van der Waals surface area contributed by atoms with Crippen LogP contribution in [-0.4, -0.2) is 51.3 Å². The van der Waals surface area contributed by atoms with Crippen molar-refractivity contribution in [3.63, 3.8) is 0 Å². The molecule has 0 aliphatic carbocycles. The zero-order valence-electron chi connectivity index (χ0n) is 22.7. The molecule has 3 atom stereocenters. The van der Waals surface area contributed by atoms with Gasteiger partial charge in [-0.15, -0.1) is 0 Å². The lowest BCUT2D eigenvalue weighted by atomic mass is 9.85. The summed E-state index contributed by atoms with van der Waals surface area (Å²) >= 11 is 6.01. The lowest BCUT2D eigenvalue weighted by Crippen LogP contribution is -2.43. The van der Waals surface area contributed by atoms with Gasteiger partial charge in [-0.2, -0.15) is 0 Å². The van der Waals surface area contributed by atoms with Gasteiger partial charge in [0.05, 0.1) is 37.1 Å². The van der Waals surface area contributed by atoms with E-state index in [-0.39, 0.29) is 18.1 Å². The van der Waals surface area contributed by atoms with Crippen molar-refractivity contribution in [2.45, 2.75) is 57.3 Å². The minimum atomic E-state index is -1.30. The first-order valence-electron chi connectivity index (χ1n) is 13.8. The molecule has 0 radical (unpaired) electrons. The number of nitrogens with zero attached hydrogens (tertiary/aromatic N) is 3. The molecule has 41 heavy (non-hydrogen) atoms. The number of halogens is 2. The number of benzene rings is 2. The molecule has 0 amide bonds. The number of hydrogen-bond donors (Lipinski definition) is 1. The highest BCUT2D eigenvalue weighted by molar-refractivity contribution is 6.30. The van der Waals surface area contributed by atoms with Crippen LogP contribution in [0.4, 0.5) is 4.39 Å². The van der Waals surface area contributed by atoms with Gasteiger partial charge in [0.1, 0.15) is 23.1 Å². The summed E-state index contributed by atoms with van der Waals surface area (Å²) in [6, 6.07) is 12.3. The first kappa shape index (κ1) is 27.7. The Balaban J connectivity index is 1.18. The van der Waals surface area contributed by atoms with Gasteiger partial charge in [0.2, 0.25) is 5.79 Å². The highest BCUT2D eigenvalue weighted by Gasteiger charge is 2.44. The number of rotatable bonds is 6. The van der Waals surface area contributed by atoms with Crippen LogP contribution >= 0.6 is 11.6 Å². The number of aromatic nitrogens is 2. The van der Waals surface area contributed by atoms with Crippen LogP contribution in [0.3, 0.4) is 0 Å². The molecular weight excluding hydrogens is 549 g/mol. The van der Waals surface area contributed by atoms with Gasteiger partial charge >= 0.3 is 5.97 Å². The normalized spacial score (nSPS) is 24.5. The molecule has 0 spiro atoms. The molecule has 0 bridgehead atoms. The van der Waals surface area contributed by atoms with E-state index in [1.165, 1.54) is 6.07 Å². The Kier molecular flexibility index (Phi) is 7.75. The Morgan fingerprint density at radius 1 is 1.22 bits per heavy atom. The minimum Gasteiger partial charge on any atom is -0.472 e. The monoisotopic (exact) mass is 579 g/mol. The number of imidazole rings is 1. The highest BCUT2D eigenvalue weighted by Crippen LogP contribution is 2.48. The Morgan fingerprint density at radius 2 is 2.00 bits per heavy atom. The van der Waals surface area contributed by atoms with Gasteiger partial charge in [-0.1, -0.05) is 29.8 Å². The Bertz CT molecular complexity index is 1500. The second-order valence-corrected chi connectivity index (χ2v) is 11.3. The fraction of sp³-hybridized carbons (Fsp3) is 0.419. The Morgan fingerprint density at radius 3 is 2.71 bits per heavy atom. The largest absolute Gasteiger partial charge is 0.472 e. The fourth-order valence-electron chi connectivity index (χ4n) is 5.88. The maximum absolute atomic E-state index is 15.0. The maximum atomic E-state index is 15.0. The molecule has 6 rings (SSSR count). The molecule has 0 saturated carbocycles. The van der Waals surface area contributed by atoms with Crippen molar-refractivity contribution in [2.24, 2.45) is 5.92 Å². The zero-order chi connectivity index (χ0) is 28.6. The third-order valence-electron chi connectivity index (χ3n) is 8.14. The molecule has 1 aromatic heterocycles. The number of likely N-dealkylation sites (tertiary alicyclic amines) is 1. The SMILES string of the molecule is CC1(c2ccc(Cl)cc2F)Oc2ccccc2C(C2CCN(Cc3ncc(C#CC(=O)O)n3C[C@@H]3CCO3)CC2)O1. The van der Waals surface area contributed by atoms with Crippen molar-refractivity contribution in [2.75, 3.05) is 19.7 Å². The summed E-state index contributed by atoms with van der Waals surface area (Å²) in [6.45, 7) is 5.35. The molecule has 2 unspecified atom stereocenters. The first-order valence-corrected chi connectivity index (χ1v) is 14.2. The maximum Gasteiger partial charge on any atom is 0.382 e. The van der Waals surface area contributed by atoms with Gasteiger partial charge in [-0.3, -0.25) is 4.90 Å². The van der Waals surface area contributed by atoms with E-state index in [2.05, 4.69) is 21.7 Å². The van der Waals surface area contributed by atoms with E-state index in [4.69, 9.17) is 30.9 Å². The third-order valence-corrected chi connectivity index (χ3v) is 8.38. The number of ether oxygens (including phenoxy) is 3. The number of para-hydroxylation sites is 1. The van der Waals surface area contributed by atoms with E-state index in [1.54, 1.807) is 25.3 Å². The summed E-state index contributed by atoms with van der Waals surface area (Å²) in [5.41, 5.74) is 1.85. The summed E-state index contributed by atoms with van der Waals surface area (Å²) in [6.07, 6.45) is 4.16. The van der Waals surface area contributed by atoms with Crippen LogP contribution in [0.25, 0.3) is 0 Å². The van der Waals surface area contributed by atoms with Crippen LogP contribution in [0.2, 0.25) is 5.02 Å². The lowest BCUT2D eigenvalue weighted by Gasteiger charge is -2.44. The number of carboxylic acids is 1. The van der Waals surface area contributed by atoms with E-state index in [1.807, 2.05) is 28.8 Å². The quantitative estimate of drug-likeness (QED) is 0.405. The highest BCUT2D eigenvalue weighted by atomic mass is 35.5. The van der Waals surface area contributed by atoms with Gasteiger partial charge < -0.3 is 23.9 Å². The molecule has 10 heteroatoms. The third kappa shape index (κ3) is 5.84. The van der Waals surface area contributed by atoms with Gasteiger partial charge in [-0.05, 0) is 68.5 Å². The van der Waals surface area contributed by atoms with Crippen LogP contribution in [0.1, 0.15) is 54.9 Å². The second kappa shape index (κ2) is 11.5. The Hall–Kier alpha value is -3.42. The molecule has 214 valence electrons. The summed E-state index contributed by atoms with van der Waals surface area (Å²) in [5, 5.41) is 9.33. The molecule has 3 aliphatic heterocycles. The van der Waals surface area contributed by atoms with Gasteiger partial charge in [0.15, 0.2) is 0 Å². The minimum absolute atomic E-state index is 0.0876. The van der Waals surface area contributed by atoms with Gasteiger partial charge in [-0.25, -0.2) is 14.2 Å². The fourth-order valence-corrected chi connectivity index (χ4v) is 6.04. The van der Waals surface area contributed by atoms with E-state index in [0.29, 0.717) is 35.1 Å². The van der Waals surface area contributed by atoms with Crippen LogP contribution in [0.5, 0.6) is 5.75 Å². The molecule has 8 nitrogen and oxygen atoms in total. The Labute approximate surface area is 243 Å². The number of aliphatic carboxylic acids is 1. The van der Waals surface area contributed by atoms with Crippen molar-refractivity contribution in [1.29, 1.82) is 0 Å². The summed E-state index contributed by atoms with van der Waals surface area (Å²) in [5.74, 6) is 3.72. The van der Waals surface area contributed by atoms with Gasteiger partial charge in [0.25, 0.3) is 0 Å². The summed E-state index contributed by atoms with van der Waals surface area (Å²) < 4.78 is 35.5. The van der Waals surface area contributed by atoms with E-state index >= 15 is 4.39 Å². The van der Waals surface area contributed by atoms with Crippen LogP contribution < -0.4 is 4.74 Å². The molecular formula is C31H31ClFN3O5. The van der Waals surface area contributed by atoms with Crippen molar-refractivity contribution in [1.82, 2.24) is 14.5 Å². The summed E-state index contributed by atoms with van der Waals surface area (Å²) in [4.78, 5) is 17.9. The van der Waals surface area contributed by atoms with Crippen LogP contribution in [0.15, 0.2) is 48.7 Å². The van der Waals surface area contributed by atoms with Crippen molar-refractivity contribution >= 4 is 17.6 Å². The topological polar surface area (TPSA) is 86.1 Å². The first-order chi connectivity index (χ1) is 19.8. The molecule has 2 saturated heterocycles. The summed E-state index contributed by atoms with van der Waals surface area (Å²) in [7, 11) is 0. The molecule has 1 N–H and O–H groups in total.